The minimum atomic E-state index is -0.322. The number of hydrogen-bond donors (Lipinski definition) is 2. The summed E-state index contributed by atoms with van der Waals surface area (Å²) in [6.07, 6.45) is 5.53. The minimum Gasteiger partial charge on any atom is -0.338 e. The highest BCUT2D eigenvalue weighted by atomic mass is 19.1. The average Bonchev–Trinajstić information content (AvgIpc) is 3.06. The number of halogens is 1. The number of benzene rings is 1. The molecule has 122 valence electrons. The van der Waals surface area contributed by atoms with Crippen LogP contribution >= 0.6 is 0 Å². The summed E-state index contributed by atoms with van der Waals surface area (Å²) in [6, 6.07) is 11.4. The fraction of sp³-hybridized carbons (Fsp3) is 0.118. The Hall–Kier alpha value is -3.22. The predicted octanol–water partition coefficient (Wildman–Crippen LogP) is 2.77. The van der Waals surface area contributed by atoms with Crippen molar-refractivity contribution in [3.05, 3.63) is 72.4 Å². The normalized spacial score (nSPS) is 10.4. The van der Waals surface area contributed by atoms with E-state index in [-0.39, 0.29) is 11.8 Å². The van der Waals surface area contributed by atoms with Gasteiger partial charge in [-0.05, 0) is 36.2 Å². The summed E-state index contributed by atoms with van der Waals surface area (Å²) in [6.45, 7) is 0.450. The van der Waals surface area contributed by atoms with Crippen LogP contribution in [0.15, 0.2) is 61.1 Å². The summed E-state index contributed by atoms with van der Waals surface area (Å²) < 4.78 is 14.4. The number of urea groups is 1. The summed E-state index contributed by atoms with van der Waals surface area (Å²) in [7, 11) is 0. The van der Waals surface area contributed by atoms with E-state index < -0.39 is 0 Å². The van der Waals surface area contributed by atoms with Crippen molar-refractivity contribution in [2.24, 2.45) is 0 Å². The van der Waals surface area contributed by atoms with Crippen LogP contribution in [-0.2, 0) is 6.42 Å². The van der Waals surface area contributed by atoms with Crippen molar-refractivity contribution in [1.29, 1.82) is 0 Å². The Morgan fingerprint density at radius 3 is 2.75 bits per heavy atom. The van der Waals surface area contributed by atoms with Crippen molar-refractivity contribution >= 4 is 11.7 Å². The molecule has 0 saturated heterocycles. The maximum atomic E-state index is 12.8. The lowest BCUT2D eigenvalue weighted by Gasteiger charge is -2.06. The van der Waals surface area contributed by atoms with Gasteiger partial charge in [-0.3, -0.25) is 0 Å². The molecule has 0 saturated carbocycles. The molecule has 1 aromatic carbocycles. The molecule has 7 heteroatoms. The Labute approximate surface area is 138 Å². The first-order valence-corrected chi connectivity index (χ1v) is 7.46. The molecule has 0 radical (unpaired) electrons. The Morgan fingerprint density at radius 1 is 1.17 bits per heavy atom. The van der Waals surface area contributed by atoms with E-state index in [0.717, 1.165) is 5.56 Å². The highest BCUT2D eigenvalue weighted by Crippen LogP contribution is 2.09. The van der Waals surface area contributed by atoms with Crippen molar-refractivity contribution in [3.8, 4) is 5.82 Å². The number of amides is 2. The predicted molar refractivity (Wildman–Crippen MR) is 88.5 cm³/mol. The molecule has 2 N–H and O–H groups in total. The van der Waals surface area contributed by atoms with Crippen molar-refractivity contribution in [1.82, 2.24) is 20.1 Å². The van der Waals surface area contributed by atoms with Crippen LogP contribution < -0.4 is 10.6 Å². The maximum Gasteiger partial charge on any atom is 0.319 e. The highest BCUT2D eigenvalue weighted by molar-refractivity contribution is 5.88. The number of nitrogens with zero attached hydrogens (tertiary/aromatic N) is 3. The largest absolute Gasteiger partial charge is 0.338 e. The number of nitrogens with one attached hydrogen (secondary N) is 2. The molecule has 3 rings (SSSR count). The second-order valence-corrected chi connectivity index (χ2v) is 5.12. The monoisotopic (exact) mass is 325 g/mol. The molecule has 24 heavy (non-hydrogen) atoms. The van der Waals surface area contributed by atoms with Gasteiger partial charge in [0, 0.05) is 12.7 Å². The third kappa shape index (κ3) is 4.16. The molecule has 0 fully saturated rings. The number of anilines is 1. The van der Waals surface area contributed by atoms with E-state index in [0.29, 0.717) is 24.5 Å². The molecule has 0 atom stereocenters. The van der Waals surface area contributed by atoms with Crippen LogP contribution in [0.1, 0.15) is 5.56 Å². The fourth-order valence-corrected chi connectivity index (χ4v) is 2.15. The lowest BCUT2D eigenvalue weighted by molar-refractivity contribution is 0.252. The number of aromatic nitrogens is 3. The van der Waals surface area contributed by atoms with Crippen LogP contribution in [0.25, 0.3) is 5.82 Å². The zero-order chi connectivity index (χ0) is 16.8. The summed E-state index contributed by atoms with van der Waals surface area (Å²) in [5.41, 5.74) is 1.53. The Bertz CT molecular complexity index is 801. The van der Waals surface area contributed by atoms with Crippen molar-refractivity contribution in [3.63, 3.8) is 0 Å². The van der Waals surface area contributed by atoms with E-state index >= 15 is 0 Å². The molecule has 0 aliphatic carbocycles. The van der Waals surface area contributed by atoms with Gasteiger partial charge in [-0.15, -0.1) is 0 Å². The molecule has 0 unspecified atom stereocenters. The maximum absolute atomic E-state index is 12.8. The zero-order valence-electron chi connectivity index (χ0n) is 12.8. The first-order valence-electron chi connectivity index (χ1n) is 7.46. The Kier molecular flexibility index (Phi) is 4.81. The molecule has 2 amide bonds. The third-order valence-electron chi connectivity index (χ3n) is 3.34. The van der Waals surface area contributed by atoms with Crippen LogP contribution in [-0.4, -0.2) is 27.3 Å². The first kappa shape index (κ1) is 15.7. The standard InChI is InChI=1S/C17H16FN5O/c18-14-6-4-13(5-7-14)8-10-20-17(24)22-15-11-21-23(12-15)16-3-1-2-9-19-16/h1-7,9,11-12H,8,10H2,(H2,20,22,24). The number of rotatable bonds is 5. The molecule has 3 aromatic rings. The van der Waals surface area contributed by atoms with Crippen LogP contribution in [0.2, 0.25) is 0 Å². The number of pyridine rings is 1. The SMILES string of the molecule is O=C(NCCc1ccc(F)cc1)Nc1cnn(-c2ccccn2)c1. The zero-order valence-corrected chi connectivity index (χ0v) is 12.8. The lowest BCUT2D eigenvalue weighted by atomic mass is 10.1. The second kappa shape index (κ2) is 7.36. The Balaban J connectivity index is 1.48. The molecular formula is C17H16FN5O. The van der Waals surface area contributed by atoms with E-state index in [9.17, 15) is 9.18 Å². The van der Waals surface area contributed by atoms with E-state index in [1.807, 2.05) is 18.2 Å². The Morgan fingerprint density at radius 2 is 2.00 bits per heavy atom. The van der Waals surface area contributed by atoms with E-state index in [1.165, 1.54) is 12.1 Å². The van der Waals surface area contributed by atoms with Crippen molar-refractivity contribution < 1.29 is 9.18 Å². The quantitative estimate of drug-likeness (QED) is 0.758. The fourth-order valence-electron chi connectivity index (χ4n) is 2.15. The van der Waals surface area contributed by atoms with Gasteiger partial charge >= 0.3 is 6.03 Å². The van der Waals surface area contributed by atoms with E-state index in [1.54, 1.807) is 35.4 Å². The summed E-state index contributed by atoms with van der Waals surface area (Å²) >= 11 is 0. The van der Waals surface area contributed by atoms with Gasteiger partial charge in [0.15, 0.2) is 5.82 Å². The number of carbonyl (C=O) groups is 1. The average molecular weight is 325 g/mol. The molecule has 0 spiro atoms. The smallest absolute Gasteiger partial charge is 0.319 e. The molecule has 0 bridgehead atoms. The molecular weight excluding hydrogens is 309 g/mol. The van der Waals surface area contributed by atoms with Gasteiger partial charge in [0.05, 0.1) is 18.1 Å². The number of carbonyl (C=O) groups excluding carboxylic acids is 1. The lowest BCUT2D eigenvalue weighted by Crippen LogP contribution is -2.30. The van der Waals surface area contributed by atoms with Gasteiger partial charge in [-0.25, -0.2) is 18.9 Å². The van der Waals surface area contributed by atoms with Crippen LogP contribution in [0, 0.1) is 5.82 Å². The third-order valence-corrected chi connectivity index (χ3v) is 3.34. The molecule has 6 nitrogen and oxygen atoms in total. The molecule has 0 aliphatic rings. The summed E-state index contributed by atoms with van der Waals surface area (Å²) in [5, 5.41) is 9.60. The van der Waals surface area contributed by atoms with Crippen LogP contribution in [0.5, 0.6) is 0 Å². The van der Waals surface area contributed by atoms with Gasteiger partial charge in [-0.1, -0.05) is 18.2 Å². The van der Waals surface area contributed by atoms with Gasteiger partial charge in [0.1, 0.15) is 5.82 Å². The van der Waals surface area contributed by atoms with Gasteiger partial charge < -0.3 is 10.6 Å². The number of hydrogen-bond acceptors (Lipinski definition) is 3. The van der Waals surface area contributed by atoms with Gasteiger partial charge in [0.2, 0.25) is 0 Å². The summed E-state index contributed by atoms with van der Waals surface area (Å²) in [5.74, 6) is 0.400. The van der Waals surface area contributed by atoms with E-state index in [4.69, 9.17) is 0 Å². The van der Waals surface area contributed by atoms with Gasteiger partial charge in [0.25, 0.3) is 0 Å². The van der Waals surface area contributed by atoms with Gasteiger partial charge in [-0.2, -0.15) is 5.10 Å². The molecule has 2 heterocycles. The van der Waals surface area contributed by atoms with Crippen LogP contribution in [0.4, 0.5) is 14.9 Å². The van der Waals surface area contributed by atoms with Crippen molar-refractivity contribution in [2.45, 2.75) is 6.42 Å². The molecule has 2 aromatic heterocycles. The summed E-state index contributed by atoms with van der Waals surface area (Å²) in [4.78, 5) is 16.0. The second-order valence-electron chi connectivity index (χ2n) is 5.12. The highest BCUT2D eigenvalue weighted by Gasteiger charge is 2.05. The topological polar surface area (TPSA) is 71.8 Å². The first-order chi connectivity index (χ1) is 11.7. The molecule has 0 aliphatic heterocycles. The van der Waals surface area contributed by atoms with Crippen molar-refractivity contribution in [2.75, 3.05) is 11.9 Å². The van der Waals surface area contributed by atoms with E-state index in [2.05, 4.69) is 20.7 Å². The minimum absolute atomic E-state index is 0.269. The van der Waals surface area contributed by atoms with Crippen LogP contribution in [0.3, 0.4) is 0 Å².